The van der Waals surface area contributed by atoms with E-state index in [-0.39, 0.29) is 11.7 Å². The van der Waals surface area contributed by atoms with Gasteiger partial charge in [0.25, 0.3) is 5.91 Å². The molecule has 1 N–H and O–H groups in total. The van der Waals surface area contributed by atoms with Crippen LogP contribution in [0.3, 0.4) is 0 Å². The first-order valence-corrected chi connectivity index (χ1v) is 11.3. The Morgan fingerprint density at radius 2 is 1.78 bits per heavy atom. The maximum absolute atomic E-state index is 13.7. The molecule has 8 nitrogen and oxygen atoms in total. The predicted molar refractivity (Wildman–Crippen MR) is 126 cm³/mol. The van der Waals surface area contributed by atoms with Gasteiger partial charge in [0.15, 0.2) is 0 Å². The number of carbonyl (C=O) groups is 2. The van der Waals surface area contributed by atoms with Crippen LogP contribution in [0.15, 0.2) is 60.9 Å². The van der Waals surface area contributed by atoms with Crippen LogP contribution < -0.4 is 10.2 Å². The average Bonchev–Trinajstić information content (AvgIpc) is 3.51. The zero-order chi connectivity index (χ0) is 25.8. The first-order valence-electron chi connectivity index (χ1n) is 11.3. The van der Waals surface area contributed by atoms with Crippen molar-refractivity contribution in [3.05, 3.63) is 72.4 Å². The van der Waals surface area contributed by atoms with E-state index in [1.165, 1.54) is 17.0 Å². The Morgan fingerprint density at radius 3 is 2.42 bits per heavy atom. The Balaban J connectivity index is 1.56. The van der Waals surface area contributed by atoms with Crippen molar-refractivity contribution in [1.29, 1.82) is 0 Å². The maximum Gasteiger partial charge on any atom is 0.321 e. The molecule has 0 aliphatic carbocycles. The number of carbonyl (C=O) groups excluding carboxylic acids is 2. The first-order chi connectivity index (χ1) is 17.0. The van der Waals surface area contributed by atoms with E-state index >= 15 is 0 Å². The van der Waals surface area contributed by atoms with E-state index in [0.29, 0.717) is 29.4 Å². The van der Waals surface area contributed by atoms with E-state index in [2.05, 4.69) is 15.5 Å². The third-order valence-electron chi connectivity index (χ3n) is 6.42. The number of nitrogens with one attached hydrogen (secondary N) is 1. The van der Waals surface area contributed by atoms with Crippen LogP contribution in [0.4, 0.5) is 18.9 Å². The molecule has 1 aliphatic heterocycles. The molecule has 1 fully saturated rings. The van der Waals surface area contributed by atoms with Crippen LogP contribution in [-0.2, 0) is 16.6 Å². The average molecular weight is 496 g/mol. The van der Waals surface area contributed by atoms with E-state index in [0.717, 1.165) is 5.52 Å². The number of hydrogen-bond acceptors (Lipinski definition) is 4. The van der Waals surface area contributed by atoms with Crippen molar-refractivity contribution < 1.29 is 22.8 Å². The highest BCUT2D eigenvalue weighted by Gasteiger charge is 2.50. The van der Waals surface area contributed by atoms with Crippen molar-refractivity contribution in [2.45, 2.75) is 31.9 Å². The number of fused-ring (bicyclic) bond motifs is 1. The van der Waals surface area contributed by atoms with E-state index in [1.54, 1.807) is 72.1 Å². The lowest BCUT2D eigenvalue weighted by molar-refractivity contribution is -0.144. The number of halogens is 3. The number of aryl methyl sites for hydroxylation is 1. The smallest absolute Gasteiger partial charge is 0.321 e. The fourth-order valence-electron chi connectivity index (χ4n) is 4.58. The summed E-state index contributed by atoms with van der Waals surface area (Å²) in [7, 11) is 1.71. The Morgan fingerprint density at radius 1 is 1.08 bits per heavy atom. The van der Waals surface area contributed by atoms with Crippen molar-refractivity contribution in [3.8, 4) is 5.69 Å². The molecule has 1 saturated heterocycles. The molecule has 0 saturated carbocycles. The second kappa shape index (κ2) is 8.51. The van der Waals surface area contributed by atoms with Crippen molar-refractivity contribution in [1.82, 2.24) is 24.9 Å². The minimum absolute atomic E-state index is 0.333. The summed E-state index contributed by atoms with van der Waals surface area (Å²) in [6.45, 7) is 2.12. The van der Waals surface area contributed by atoms with Crippen LogP contribution in [0.5, 0.6) is 0 Å². The third-order valence-corrected chi connectivity index (χ3v) is 6.42. The van der Waals surface area contributed by atoms with Gasteiger partial charge in [-0.15, -0.1) is 0 Å². The fraction of sp³-hybridized carbons (Fsp3) is 0.280. The minimum Gasteiger partial charge on any atom is -0.345 e. The molecule has 3 atom stereocenters. The van der Waals surface area contributed by atoms with Crippen molar-refractivity contribution >= 4 is 28.4 Å². The quantitative estimate of drug-likeness (QED) is 0.456. The number of alkyl halides is 2. The largest absolute Gasteiger partial charge is 0.345 e. The Labute approximate surface area is 204 Å². The zero-order valence-corrected chi connectivity index (χ0v) is 19.7. The Kier molecular flexibility index (Phi) is 5.57. The molecular formula is C25H23F3N6O2. The number of amides is 2. The van der Waals surface area contributed by atoms with Crippen LogP contribution in [0.2, 0.25) is 0 Å². The number of rotatable bonds is 5. The minimum atomic E-state index is -3.60. The van der Waals surface area contributed by atoms with E-state index in [9.17, 15) is 22.8 Å². The van der Waals surface area contributed by atoms with Crippen LogP contribution in [0.1, 0.15) is 25.6 Å². The van der Waals surface area contributed by atoms with Gasteiger partial charge in [0.05, 0.1) is 35.1 Å². The summed E-state index contributed by atoms with van der Waals surface area (Å²) < 4.78 is 44.0. The summed E-state index contributed by atoms with van der Waals surface area (Å²) in [5.74, 6) is -6.52. The monoisotopic (exact) mass is 496 g/mol. The van der Waals surface area contributed by atoms with Crippen molar-refractivity contribution in [3.63, 3.8) is 0 Å². The lowest BCUT2D eigenvalue weighted by Crippen LogP contribution is -2.48. The van der Waals surface area contributed by atoms with Crippen LogP contribution in [-0.4, -0.2) is 43.3 Å². The van der Waals surface area contributed by atoms with Gasteiger partial charge >= 0.3 is 5.92 Å². The molecule has 186 valence electrons. The van der Waals surface area contributed by atoms with Crippen molar-refractivity contribution in [2.75, 3.05) is 4.90 Å². The highest BCUT2D eigenvalue weighted by atomic mass is 19.3. The lowest BCUT2D eigenvalue weighted by Gasteiger charge is -2.28. The highest BCUT2D eigenvalue weighted by Crippen LogP contribution is 2.41. The molecule has 0 spiro atoms. The number of benzene rings is 2. The number of anilines is 1. The molecule has 5 rings (SSSR count). The second-order valence-electron chi connectivity index (χ2n) is 9.02. The highest BCUT2D eigenvalue weighted by molar-refractivity contribution is 6.01. The molecule has 2 amide bonds. The molecule has 1 aliphatic rings. The number of aromatic nitrogens is 4. The van der Waals surface area contributed by atoms with Crippen LogP contribution in [0.25, 0.3) is 16.6 Å². The molecule has 2 aromatic carbocycles. The zero-order valence-electron chi connectivity index (χ0n) is 19.7. The molecule has 11 heteroatoms. The lowest BCUT2D eigenvalue weighted by atomic mass is 9.97. The van der Waals surface area contributed by atoms with Crippen molar-refractivity contribution in [2.24, 2.45) is 13.0 Å². The van der Waals surface area contributed by atoms with Crippen LogP contribution in [0, 0.1) is 11.7 Å². The predicted octanol–water partition coefficient (Wildman–Crippen LogP) is 3.76. The summed E-state index contributed by atoms with van der Waals surface area (Å²) in [6, 6.07) is 11.1. The molecule has 3 heterocycles. The summed E-state index contributed by atoms with van der Waals surface area (Å²) in [5.41, 5.74) is 2.37. The standard InChI is InChI=1S/C25H23F3N6O2/c1-14-21(30-24(36)25(2,27)28)22(19-10-11-32(3)31-19)33(23(14)35)18-8-9-20-15(12-18)13-29-34(20)17-6-4-16(26)5-7-17/h4-14,21-22H,1-3H3,(H,30,36)/t14-,21-,22?/m0/s1. The van der Waals surface area contributed by atoms with Gasteiger partial charge in [0.2, 0.25) is 5.91 Å². The van der Waals surface area contributed by atoms with Gasteiger partial charge in [-0.25, -0.2) is 9.07 Å². The van der Waals surface area contributed by atoms with Gasteiger partial charge in [0, 0.05) is 31.2 Å². The number of nitrogens with zero attached hydrogens (tertiary/aromatic N) is 5. The summed E-state index contributed by atoms with van der Waals surface area (Å²) in [4.78, 5) is 27.1. The van der Waals surface area contributed by atoms with Gasteiger partial charge in [-0.1, -0.05) is 6.92 Å². The fourth-order valence-corrected chi connectivity index (χ4v) is 4.58. The summed E-state index contributed by atoms with van der Waals surface area (Å²) in [5, 5.41) is 11.9. The van der Waals surface area contributed by atoms with E-state index < -0.39 is 29.8 Å². The van der Waals surface area contributed by atoms with Crippen LogP contribution >= 0.6 is 0 Å². The SMILES string of the molecule is C[C@@H]1C(=O)N(c2ccc3c(cnn3-c3ccc(F)cc3)c2)C(c2ccn(C)n2)[C@H]1NC(=O)C(C)(F)F. The Bertz CT molecular complexity index is 1460. The topological polar surface area (TPSA) is 85.1 Å². The molecule has 36 heavy (non-hydrogen) atoms. The molecule has 0 bridgehead atoms. The van der Waals surface area contributed by atoms with Gasteiger partial charge < -0.3 is 10.2 Å². The van der Waals surface area contributed by atoms with Gasteiger partial charge in [-0.3, -0.25) is 14.3 Å². The third kappa shape index (κ3) is 4.00. The van der Waals surface area contributed by atoms with Gasteiger partial charge in [0.1, 0.15) is 11.9 Å². The number of hydrogen-bond donors (Lipinski definition) is 1. The summed E-state index contributed by atoms with van der Waals surface area (Å²) in [6.07, 6.45) is 3.31. The maximum atomic E-state index is 13.7. The van der Waals surface area contributed by atoms with E-state index in [4.69, 9.17) is 0 Å². The van der Waals surface area contributed by atoms with E-state index in [1.807, 2.05) is 0 Å². The van der Waals surface area contributed by atoms with Gasteiger partial charge in [-0.2, -0.15) is 19.0 Å². The second-order valence-corrected chi connectivity index (χ2v) is 9.02. The molecular weight excluding hydrogens is 473 g/mol. The summed E-state index contributed by atoms with van der Waals surface area (Å²) >= 11 is 0. The normalized spacial score (nSPS) is 20.3. The molecule has 0 radical (unpaired) electrons. The van der Waals surface area contributed by atoms with Gasteiger partial charge in [-0.05, 0) is 48.5 Å². The first kappa shape index (κ1) is 23.6. The molecule has 1 unspecified atom stereocenters. The molecule has 2 aromatic heterocycles. The molecule has 4 aromatic rings. The Hall–Kier alpha value is -4.15.